The molecule has 0 saturated carbocycles. The molecule has 1 aliphatic rings. The smallest absolute Gasteiger partial charge is 0.446 e. The van der Waals surface area contributed by atoms with Gasteiger partial charge in [-0.05, 0) is 36.0 Å². The highest BCUT2D eigenvalue weighted by Gasteiger charge is 2.39. The Labute approximate surface area is 147 Å². The van der Waals surface area contributed by atoms with Crippen molar-refractivity contribution in [3.05, 3.63) is 52.3 Å². The molecule has 1 atom stereocenters. The number of carbonyl (C=O) groups is 1. The van der Waals surface area contributed by atoms with E-state index in [1.54, 1.807) is 0 Å². The minimum Gasteiger partial charge on any atom is -0.457 e. The van der Waals surface area contributed by atoms with Crippen LogP contribution in [0.4, 0.5) is 22.0 Å². The van der Waals surface area contributed by atoms with Gasteiger partial charge in [-0.2, -0.15) is 13.2 Å². The molecule has 0 aromatic heterocycles. The first-order valence-electron chi connectivity index (χ1n) is 6.88. The highest BCUT2D eigenvalue weighted by atomic mass is 35.5. The minimum absolute atomic E-state index is 0.0156. The molecule has 2 aromatic carbocycles. The third-order valence-electron chi connectivity index (χ3n) is 3.44. The average molecular weight is 395 g/mol. The number of rotatable bonds is 3. The fourth-order valence-electron chi connectivity index (χ4n) is 2.53. The number of ketones is 1. The summed E-state index contributed by atoms with van der Waals surface area (Å²) in [4.78, 5) is 11.5. The molecule has 1 unspecified atom stereocenters. The number of thioether (sulfide) groups is 1. The Morgan fingerprint density at radius 1 is 1.20 bits per heavy atom. The number of Topliss-reactive ketones (excluding diaryl/α,β-unsaturated/α-hetero) is 1. The van der Waals surface area contributed by atoms with Crippen LogP contribution >= 0.6 is 23.4 Å². The van der Waals surface area contributed by atoms with E-state index in [2.05, 4.69) is 0 Å². The maximum absolute atomic E-state index is 13.8. The third kappa shape index (κ3) is 3.90. The van der Waals surface area contributed by atoms with Crippen LogP contribution in [0, 0.1) is 5.82 Å². The zero-order chi connectivity index (χ0) is 18.4. The van der Waals surface area contributed by atoms with Gasteiger partial charge in [-0.15, -0.1) is 0 Å². The molecule has 9 heteroatoms. The van der Waals surface area contributed by atoms with Crippen molar-refractivity contribution in [2.75, 3.05) is 0 Å². The summed E-state index contributed by atoms with van der Waals surface area (Å²) in [5.41, 5.74) is -4.96. The number of hydrogen-bond acceptors (Lipinski definition) is 3. The first kappa shape index (κ1) is 18.0. The van der Waals surface area contributed by atoms with Gasteiger partial charge in [-0.1, -0.05) is 11.6 Å². The lowest BCUT2D eigenvalue weighted by atomic mass is 10.1. The lowest BCUT2D eigenvalue weighted by Gasteiger charge is -2.14. The Morgan fingerprint density at radius 3 is 2.56 bits per heavy atom. The SMILES string of the molecule is O=C1c2c(SC(F)(F)F)ccc(Oc3cc(F)cc(Cl)c3)c2CC1F. The maximum atomic E-state index is 13.8. The molecule has 132 valence electrons. The number of fused-ring (bicyclic) bond motifs is 1. The second kappa shape index (κ2) is 6.49. The van der Waals surface area contributed by atoms with Gasteiger partial charge in [0.15, 0.2) is 12.0 Å². The number of halogens is 6. The summed E-state index contributed by atoms with van der Waals surface area (Å²) in [7, 11) is 0. The van der Waals surface area contributed by atoms with Crippen LogP contribution in [0.3, 0.4) is 0 Å². The summed E-state index contributed by atoms with van der Waals surface area (Å²) < 4.78 is 70.5. The van der Waals surface area contributed by atoms with E-state index in [9.17, 15) is 26.7 Å². The topological polar surface area (TPSA) is 26.3 Å². The monoisotopic (exact) mass is 394 g/mol. The van der Waals surface area contributed by atoms with Gasteiger partial charge in [0.2, 0.25) is 0 Å². The van der Waals surface area contributed by atoms with Crippen LogP contribution in [-0.4, -0.2) is 17.5 Å². The van der Waals surface area contributed by atoms with Gasteiger partial charge in [0.1, 0.15) is 17.3 Å². The Morgan fingerprint density at radius 2 is 1.92 bits per heavy atom. The molecule has 2 nitrogen and oxygen atoms in total. The van der Waals surface area contributed by atoms with Gasteiger partial charge < -0.3 is 4.74 Å². The van der Waals surface area contributed by atoms with E-state index in [0.29, 0.717) is 0 Å². The van der Waals surface area contributed by atoms with E-state index < -0.39 is 46.4 Å². The van der Waals surface area contributed by atoms with Crippen LogP contribution in [0.5, 0.6) is 11.5 Å². The first-order chi connectivity index (χ1) is 11.6. The largest absolute Gasteiger partial charge is 0.457 e. The predicted molar refractivity (Wildman–Crippen MR) is 82.8 cm³/mol. The molecule has 0 bridgehead atoms. The van der Waals surface area contributed by atoms with E-state index in [1.807, 2.05) is 0 Å². The van der Waals surface area contributed by atoms with E-state index in [0.717, 1.165) is 18.2 Å². The molecule has 0 N–H and O–H groups in total. The Hall–Kier alpha value is -1.80. The highest BCUT2D eigenvalue weighted by Crippen LogP contribution is 2.45. The maximum Gasteiger partial charge on any atom is 0.446 e. The average Bonchev–Trinajstić information content (AvgIpc) is 2.76. The molecular formula is C16H8ClF5O2S. The van der Waals surface area contributed by atoms with Crippen molar-refractivity contribution < 1.29 is 31.5 Å². The standard InChI is InChI=1S/C16H8ClF5O2S/c17-7-3-8(18)5-9(4-7)24-12-1-2-13(25-16(20,21)22)14-10(12)6-11(19)15(14)23/h1-5,11H,6H2. The van der Waals surface area contributed by atoms with Crippen LogP contribution < -0.4 is 4.74 Å². The van der Waals surface area contributed by atoms with Crippen molar-refractivity contribution >= 4 is 29.1 Å². The fourth-order valence-corrected chi connectivity index (χ4v) is 3.45. The van der Waals surface area contributed by atoms with E-state index in [1.165, 1.54) is 12.1 Å². The quantitative estimate of drug-likeness (QED) is 0.474. The number of ether oxygens (including phenoxy) is 1. The molecule has 2 aromatic rings. The molecule has 0 heterocycles. The summed E-state index contributed by atoms with van der Waals surface area (Å²) >= 11 is 5.22. The number of alkyl halides is 4. The summed E-state index contributed by atoms with van der Waals surface area (Å²) in [6.45, 7) is 0. The normalized spacial score (nSPS) is 16.9. The van der Waals surface area contributed by atoms with Gasteiger partial charge in [0.25, 0.3) is 0 Å². The van der Waals surface area contributed by atoms with Crippen molar-refractivity contribution in [2.45, 2.75) is 23.0 Å². The Balaban J connectivity index is 2.03. The lowest BCUT2D eigenvalue weighted by molar-refractivity contribution is -0.0328. The highest BCUT2D eigenvalue weighted by molar-refractivity contribution is 8.00. The van der Waals surface area contributed by atoms with Crippen molar-refractivity contribution in [1.82, 2.24) is 0 Å². The Kier molecular flexibility index (Phi) is 4.68. The zero-order valence-corrected chi connectivity index (χ0v) is 13.7. The second-order valence-electron chi connectivity index (χ2n) is 5.21. The summed E-state index contributed by atoms with van der Waals surface area (Å²) in [6, 6.07) is 5.57. The lowest BCUT2D eigenvalue weighted by Crippen LogP contribution is -2.10. The summed E-state index contributed by atoms with van der Waals surface area (Å²) in [6.07, 6.45) is -2.35. The molecule has 0 saturated heterocycles. The van der Waals surface area contributed by atoms with E-state index in [4.69, 9.17) is 16.3 Å². The van der Waals surface area contributed by atoms with Gasteiger partial charge in [0, 0.05) is 33.5 Å². The molecule has 25 heavy (non-hydrogen) atoms. The summed E-state index contributed by atoms with van der Waals surface area (Å²) in [5.74, 6) is -1.73. The van der Waals surface area contributed by atoms with Crippen LogP contribution in [-0.2, 0) is 6.42 Å². The first-order valence-corrected chi connectivity index (χ1v) is 8.07. The molecule has 0 amide bonds. The van der Waals surface area contributed by atoms with Crippen LogP contribution in [0.15, 0.2) is 35.2 Å². The van der Waals surface area contributed by atoms with Crippen molar-refractivity contribution in [3.8, 4) is 11.5 Å². The number of carbonyl (C=O) groups excluding carboxylic acids is 1. The molecule has 0 fully saturated rings. The predicted octanol–water partition coefficient (Wildman–Crippen LogP) is 5.96. The fraction of sp³-hybridized carbons (Fsp3) is 0.188. The molecular weight excluding hydrogens is 387 g/mol. The molecule has 0 aliphatic heterocycles. The van der Waals surface area contributed by atoms with Gasteiger partial charge in [-0.25, -0.2) is 8.78 Å². The number of hydrogen-bond donors (Lipinski definition) is 0. The molecule has 0 radical (unpaired) electrons. The summed E-state index contributed by atoms with van der Waals surface area (Å²) in [5, 5.41) is 0.0512. The van der Waals surface area contributed by atoms with Crippen molar-refractivity contribution in [1.29, 1.82) is 0 Å². The van der Waals surface area contributed by atoms with Crippen LogP contribution in [0.25, 0.3) is 0 Å². The van der Waals surface area contributed by atoms with Crippen LogP contribution in [0.1, 0.15) is 15.9 Å². The number of benzene rings is 2. The molecule has 3 rings (SSSR count). The van der Waals surface area contributed by atoms with Gasteiger partial charge >= 0.3 is 5.51 Å². The van der Waals surface area contributed by atoms with Crippen LogP contribution in [0.2, 0.25) is 5.02 Å². The minimum atomic E-state index is -4.62. The van der Waals surface area contributed by atoms with E-state index in [-0.39, 0.29) is 27.6 Å². The molecule has 0 spiro atoms. The van der Waals surface area contributed by atoms with E-state index >= 15 is 0 Å². The van der Waals surface area contributed by atoms with Crippen molar-refractivity contribution in [3.63, 3.8) is 0 Å². The second-order valence-corrected chi connectivity index (χ2v) is 6.75. The van der Waals surface area contributed by atoms with Crippen molar-refractivity contribution in [2.24, 2.45) is 0 Å². The Bertz CT molecular complexity index is 833. The molecule has 1 aliphatic carbocycles. The zero-order valence-electron chi connectivity index (χ0n) is 12.2. The van der Waals surface area contributed by atoms with Gasteiger partial charge in [0.05, 0.1) is 0 Å². The third-order valence-corrected chi connectivity index (χ3v) is 4.45. The van der Waals surface area contributed by atoms with Gasteiger partial charge in [-0.3, -0.25) is 4.79 Å².